The van der Waals surface area contributed by atoms with Gasteiger partial charge in [-0.05, 0) is 84.1 Å². The van der Waals surface area contributed by atoms with Gasteiger partial charge >= 0.3 is 12.2 Å². The molecule has 2 aromatic carbocycles. The van der Waals surface area contributed by atoms with Crippen LogP contribution in [-0.2, 0) is 36.9 Å². The summed E-state index contributed by atoms with van der Waals surface area (Å²) < 4.78 is 15.3. The minimum absolute atomic E-state index is 0. The summed E-state index contributed by atoms with van der Waals surface area (Å²) in [6, 6.07) is 18.6. The van der Waals surface area contributed by atoms with E-state index in [9.17, 15) is 24.4 Å². The fourth-order valence-electron chi connectivity index (χ4n) is 5.37. The van der Waals surface area contributed by atoms with Crippen LogP contribution < -0.4 is 11.1 Å². The molecular formula is C40H55ClN8O7. The predicted molar refractivity (Wildman–Crippen MR) is 213 cm³/mol. The van der Waals surface area contributed by atoms with Crippen LogP contribution in [0, 0.1) is 45.3 Å². The molecule has 0 radical (unpaired) electrons. The summed E-state index contributed by atoms with van der Waals surface area (Å²) in [6.07, 6.45) is -1.22. The Balaban J connectivity index is 0.000000461. The number of rotatable bonds is 8. The smallest absolute Gasteiger partial charge is 0.413 e. The van der Waals surface area contributed by atoms with Crippen LogP contribution in [0.3, 0.4) is 0 Å². The van der Waals surface area contributed by atoms with Crippen molar-refractivity contribution in [3.8, 4) is 12.1 Å². The largest absolute Gasteiger partial charge is 0.444 e. The van der Waals surface area contributed by atoms with Gasteiger partial charge in [0.15, 0.2) is 6.23 Å². The lowest BCUT2D eigenvalue weighted by molar-refractivity contribution is -0.139. The van der Waals surface area contributed by atoms with Crippen molar-refractivity contribution >= 4 is 48.4 Å². The zero-order valence-electron chi connectivity index (χ0n) is 33.4. The van der Waals surface area contributed by atoms with E-state index in [1.807, 2.05) is 48.5 Å². The molecule has 0 bridgehead atoms. The molecule has 304 valence electrons. The van der Waals surface area contributed by atoms with Crippen LogP contribution in [0.4, 0.5) is 9.59 Å². The van der Waals surface area contributed by atoms with Gasteiger partial charge in [0.25, 0.3) is 6.47 Å². The molecule has 2 heterocycles. The van der Waals surface area contributed by atoms with Gasteiger partial charge in [-0.2, -0.15) is 10.5 Å². The van der Waals surface area contributed by atoms with Crippen LogP contribution in [0.25, 0.3) is 0 Å². The van der Waals surface area contributed by atoms with Gasteiger partial charge in [0.05, 0.1) is 24.0 Å². The lowest BCUT2D eigenvalue weighted by Crippen LogP contribution is -2.47. The van der Waals surface area contributed by atoms with Gasteiger partial charge in [-0.15, -0.1) is 12.4 Å². The fourth-order valence-corrected chi connectivity index (χ4v) is 5.37. The number of benzene rings is 2. The lowest BCUT2D eigenvalue weighted by atomic mass is 10.1. The first-order chi connectivity index (χ1) is 25.7. The van der Waals surface area contributed by atoms with E-state index in [2.05, 4.69) is 17.5 Å². The molecule has 0 spiro atoms. The first kappa shape index (κ1) is 48.5. The lowest BCUT2D eigenvalue weighted by Gasteiger charge is -2.28. The van der Waals surface area contributed by atoms with Gasteiger partial charge in [0, 0.05) is 44.0 Å². The van der Waals surface area contributed by atoms with Gasteiger partial charge in [-0.25, -0.2) is 9.59 Å². The Morgan fingerprint density at radius 3 is 1.64 bits per heavy atom. The molecule has 0 saturated carbocycles. The second-order valence-electron chi connectivity index (χ2n) is 15.2. The van der Waals surface area contributed by atoms with Crippen molar-refractivity contribution in [2.45, 2.75) is 105 Å². The molecule has 16 heteroatoms. The number of hydrogen-bond donors (Lipinski definition) is 4. The van der Waals surface area contributed by atoms with Gasteiger partial charge < -0.3 is 36.1 Å². The van der Waals surface area contributed by atoms with Crippen LogP contribution in [0.5, 0.6) is 0 Å². The number of nitriles is 2. The normalized spacial score (nSPS) is 18.5. The molecule has 0 aromatic heterocycles. The molecule has 4 atom stereocenters. The van der Waals surface area contributed by atoms with Gasteiger partial charge in [-0.1, -0.05) is 48.5 Å². The zero-order chi connectivity index (χ0) is 41.5. The van der Waals surface area contributed by atoms with Gasteiger partial charge in [0.1, 0.15) is 17.2 Å². The third-order valence-electron chi connectivity index (χ3n) is 8.16. The number of nitrogens with zero attached hydrogens (tertiary/aromatic N) is 4. The van der Waals surface area contributed by atoms with E-state index in [0.717, 1.165) is 22.3 Å². The number of hydrogen-bond acceptors (Lipinski definition) is 12. The van der Waals surface area contributed by atoms with E-state index in [1.165, 1.54) is 9.80 Å². The molecular weight excluding hydrogens is 740 g/mol. The topological polar surface area (TPSA) is 236 Å². The first-order valence-electron chi connectivity index (χ1n) is 17.9. The summed E-state index contributed by atoms with van der Waals surface area (Å²) in [5, 5.41) is 35.8. The standard InChI is InChI=1S/C20H26N4O3.C11H16N2O4.C9H12N2.ClH/c1-13(22)16-7-5-14(6-8-16)11-23-18(25)17-9-15(10-21)12-24(17)19(26)27-20(2,3)4;1-11(2,3)17-10(15)13-6-8(5-12)4-9(13)16-7-14;1-7(11)9-4-2-8(6-10)3-5-9;/h5-8,15,17,22H,9,11-12H2,1-4H3,(H,23,25);7-9H,4,6H2,1-3H3;2-5,11H,6,10H2,1H3;1H/t15-,17-;8-,9+;;/m00../s1. The Labute approximate surface area is 335 Å². The minimum atomic E-state index is -0.715. The molecule has 56 heavy (non-hydrogen) atoms. The third-order valence-corrected chi connectivity index (χ3v) is 8.16. The second kappa shape index (κ2) is 22.1. The summed E-state index contributed by atoms with van der Waals surface area (Å²) in [5.41, 5.74) is 9.00. The number of nitrogens with one attached hydrogen (secondary N) is 3. The van der Waals surface area contributed by atoms with E-state index in [0.29, 0.717) is 37.4 Å². The maximum absolute atomic E-state index is 12.6. The average molecular weight is 795 g/mol. The molecule has 4 rings (SSSR count). The highest BCUT2D eigenvalue weighted by Gasteiger charge is 2.42. The molecule has 2 aliphatic heterocycles. The number of carbonyl (C=O) groups excluding carboxylic acids is 4. The monoisotopic (exact) mass is 794 g/mol. The molecule has 2 saturated heterocycles. The van der Waals surface area contributed by atoms with Gasteiger partial charge in [-0.3, -0.25) is 19.4 Å². The van der Waals surface area contributed by atoms with E-state index >= 15 is 0 Å². The average Bonchev–Trinajstić information content (AvgIpc) is 3.75. The van der Waals surface area contributed by atoms with Crippen LogP contribution >= 0.6 is 12.4 Å². The Morgan fingerprint density at radius 2 is 1.23 bits per heavy atom. The Kier molecular flexibility index (Phi) is 19.2. The van der Waals surface area contributed by atoms with Crippen molar-refractivity contribution < 1.29 is 33.4 Å². The predicted octanol–water partition coefficient (Wildman–Crippen LogP) is 6.06. The summed E-state index contributed by atoms with van der Waals surface area (Å²) in [4.78, 5) is 49.8. The van der Waals surface area contributed by atoms with Crippen LogP contribution in [0.2, 0.25) is 0 Å². The number of ether oxygens (including phenoxy) is 3. The summed E-state index contributed by atoms with van der Waals surface area (Å²) in [6.45, 7) is 15.6. The van der Waals surface area contributed by atoms with Crippen LogP contribution in [0.15, 0.2) is 48.5 Å². The van der Waals surface area contributed by atoms with Crippen molar-refractivity contribution in [1.82, 2.24) is 15.1 Å². The van der Waals surface area contributed by atoms with Crippen molar-refractivity contribution in [3.63, 3.8) is 0 Å². The summed E-state index contributed by atoms with van der Waals surface area (Å²) in [7, 11) is 0. The maximum atomic E-state index is 12.6. The number of halogens is 1. The van der Waals surface area contributed by atoms with E-state index < -0.39 is 35.7 Å². The van der Waals surface area contributed by atoms with Crippen molar-refractivity contribution in [2.24, 2.45) is 17.6 Å². The fraction of sp³-hybridized carbons (Fsp3) is 0.500. The Bertz CT molecular complexity index is 1740. The molecule has 0 unspecified atom stereocenters. The summed E-state index contributed by atoms with van der Waals surface area (Å²) in [5.74, 6) is -1.01. The number of likely N-dealkylation sites (tertiary alicyclic amines) is 2. The van der Waals surface area contributed by atoms with Gasteiger partial charge in [0.2, 0.25) is 5.91 Å². The van der Waals surface area contributed by atoms with Crippen molar-refractivity contribution in [2.75, 3.05) is 13.1 Å². The summed E-state index contributed by atoms with van der Waals surface area (Å²) >= 11 is 0. The number of carbonyl (C=O) groups is 4. The minimum Gasteiger partial charge on any atom is -0.444 e. The highest BCUT2D eigenvalue weighted by atomic mass is 35.5. The molecule has 2 aliphatic rings. The zero-order valence-corrected chi connectivity index (χ0v) is 34.2. The quantitative estimate of drug-likeness (QED) is 0.137. The molecule has 3 amide bonds. The number of nitrogens with two attached hydrogens (primary N) is 1. The molecule has 2 fully saturated rings. The van der Waals surface area contributed by atoms with E-state index in [4.69, 9.17) is 36.0 Å². The second-order valence-corrected chi connectivity index (χ2v) is 15.2. The molecule has 0 aliphatic carbocycles. The Hall–Kier alpha value is -5.51. The highest BCUT2D eigenvalue weighted by molar-refractivity contribution is 5.96. The SMILES string of the molecule is CC(=N)c1ccc(CN)cc1.CC(=N)c1ccc(CNC(=O)[C@@H]2C[C@@H](C#N)CN2C(=O)OC(C)(C)C)cc1.CC(C)(C)OC(=O)N1C[C@H](C#N)C[C@H]1OC=O.Cl. The number of amides is 3. The van der Waals surface area contributed by atoms with Crippen LogP contribution in [0.1, 0.15) is 90.5 Å². The molecule has 15 nitrogen and oxygen atoms in total. The van der Waals surface area contributed by atoms with E-state index in [-0.39, 0.29) is 49.7 Å². The third kappa shape index (κ3) is 16.1. The maximum Gasteiger partial charge on any atom is 0.413 e. The van der Waals surface area contributed by atoms with Crippen LogP contribution in [-0.4, -0.2) is 82.4 Å². The van der Waals surface area contributed by atoms with E-state index in [1.54, 1.807) is 55.4 Å². The molecule has 2 aromatic rings. The Morgan fingerprint density at radius 1 is 0.804 bits per heavy atom. The first-order valence-corrected chi connectivity index (χ1v) is 17.9. The van der Waals surface area contributed by atoms with Crippen molar-refractivity contribution in [1.29, 1.82) is 21.3 Å². The highest BCUT2D eigenvalue weighted by Crippen LogP contribution is 2.26. The van der Waals surface area contributed by atoms with Crippen molar-refractivity contribution in [3.05, 3.63) is 70.8 Å². The molecule has 5 N–H and O–H groups in total.